The van der Waals surface area contributed by atoms with Gasteiger partial charge in [0.1, 0.15) is 0 Å². The van der Waals surface area contributed by atoms with E-state index in [0.29, 0.717) is 11.4 Å². The van der Waals surface area contributed by atoms with Crippen LogP contribution in [0.3, 0.4) is 0 Å². The molecular formula is C12H13N3O. The molecule has 16 heavy (non-hydrogen) atoms. The van der Waals surface area contributed by atoms with E-state index in [9.17, 15) is 4.79 Å². The largest absolute Gasteiger partial charge is 0.294 e. The van der Waals surface area contributed by atoms with Crippen molar-refractivity contribution >= 4 is 5.78 Å². The summed E-state index contributed by atoms with van der Waals surface area (Å²) in [5, 5.41) is 4.07. The van der Waals surface area contributed by atoms with Crippen LogP contribution in [-0.2, 0) is 0 Å². The lowest BCUT2D eigenvalue weighted by Crippen LogP contribution is -2.08. The molecule has 0 saturated heterocycles. The monoisotopic (exact) mass is 215 g/mol. The van der Waals surface area contributed by atoms with Crippen LogP contribution in [0.15, 0.2) is 36.8 Å². The van der Waals surface area contributed by atoms with Crippen LogP contribution in [0, 0.1) is 5.92 Å². The summed E-state index contributed by atoms with van der Waals surface area (Å²) in [6.07, 6.45) is 5.10. The Morgan fingerprint density at radius 3 is 2.69 bits per heavy atom. The maximum atomic E-state index is 11.7. The Balaban J connectivity index is 2.27. The maximum absolute atomic E-state index is 11.7. The van der Waals surface area contributed by atoms with Crippen molar-refractivity contribution in [3.05, 3.63) is 42.4 Å². The molecule has 82 valence electrons. The zero-order chi connectivity index (χ0) is 11.5. The number of nitrogens with zero attached hydrogens (tertiary/aromatic N) is 3. The first-order valence-electron chi connectivity index (χ1n) is 5.19. The highest BCUT2D eigenvalue weighted by molar-refractivity contribution is 5.97. The first-order valence-corrected chi connectivity index (χ1v) is 5.19. The minimum atomic E-state index is -0.00245. The lowest BCUT2D eigenvalue weighted by Gasteiger charge is -2.04. The number of ketones is 1. The third-order valence-corrected chi connectivity index (χ3v) is 2.30. The van der Waals surface area contributed by atoms with E-state index in [2.05, 4.69) is 10.1 Å². The molecule has 0 bridgehead atoms. The van der Waals surface area contributed by atoms with Crippen LogP contribution >= 0.6 is 0 Å². The van der Waals surface area contributed by atoms with Crippen LogP contribution in [0.1, 0.15) is 24.2 Å². The summed E-state index contributed by atoms with van der Waals surface area (Å²) in [6.45, 7) is 3.76. The van der Waals surface area contributed by atoms with Crippen molar-refractivity contribution in [3.63, 3.8) is 0 Å². The average molecular weight is 215 g/mol. The normalized spacial score (nSPS) is 10.7. The average Bonchev–Trinajstić information content (AvgIpc) is 2.81. The number of hydrogen-bond donors (Lipinski definition) is 0. The second kappa shape index (κ2) is 4.26. The lowest BCUT2D eigenvalue weighted by atomic mass is 10.0. The third kappa shape index (κ3) is 2.00. The molecule has 0 aliphatic carbocycles. The fourth-order valence-electron chi connectivity index (χ4n) is 1.41. The van der Waals surface area contributed by atoms with Gasteiger partial charge in [-0.1, -0.05) is 13.8 Å². The highest BCUT2D eigenvalue weighted by atomic mass is 16.1. The summed E-state index contributed by atoms with van der Waals surface area (Å²) in [5.74, 6) is 0.821. The fourth-order valence-corrected chi connectivity index (χ4v) is 1.41. The Bertz CT molecular complexity index is 471. The van der Waals surface area contributed by atoms with Gasteiger partial charge < -0.3 is 0 Å². The van der Waals surface area contributed by atoms with E-state index in [1.165, 1.54) is 0 Å². The van der Waals surface area contributed by atoms with E-state index in [-0.39, 0.29) is 11.7 Å². The summed E-state index contributed by atoms with van der Waals surface area (Å²) >= 11 is 0. The molecule has 2 aromatic heterocycles. The smallest absolute Gasteiger partial charge is 0.166 e. The van der Waals surface area contributed by atoms with Crippen LogP contribution < -0.4 is 0 Å². The van der Waals surface area contributed by atoms with Crippen molar-refractivity contribution in [2.45, 2.75) is 13.8 Å². The van der Waals surface area contributed by atoms with Crippen molar-refractivity contribution in [1.82, 2.24) is 14.8 Å². The summed E-state index contributed by atoms with van der Waals surface area (Å²) in [5.41, 5.74) is 0.644. The van der Waals surface area contributed by atoms with E-state index >= 15 is 0 Å². The maximum Gasteiger partial charge on any atom is 0.166 e. The summed E-state index contributed by atoms with van der Waals surface area (Å²) in [6, 6.07) is 5.41. The van der Waals surface area contributed by atoms with Gasteiger partial charge in [0, 0.05) is 30.1 Å². The molecule has 0 amide bonds. The first kappa shape index (κ1) is 10.5. The predicted octanol–water partition coefficient (Wildman–Crippen LogP) is 2.11. The molecule has 4 nitrogen and oxygen atoms in total. The van der Waals surface area contributed by atoms with Gasteiger partial charge in [-0.25, -0.2) is 9.67 Å². The van der Waals surface area contributed by atoms with Crippen LogP contribution in [0.5, 0.6) is 0 Å². The second-order valence-corrected chi connectivity index (χ2v) is 3.87. The third-order valence-electron chi connectivity index (χ3n) is 2.30. The van der Waals surface area contributed by atoms with E-state index in [1.807, 2.05) is 26.1 Å². The van der Waals surface area contributed by atoms with Crippen LogP contribution in [0.25, 0.3) is 5.82 Å². The molecule has 0 unspecified atom stereocenters. The topological polar surface area (TPSA) is 47.8 Å². The van der Waals surface area contributed by atoms with Gasteiger partial charge in [0.2, 0.25) is 0 Å². The molecule has 0 radical (unpaired) electrons. The zero-order valence-electron chi connectivity index (χ0n) is 9.29. The summed E-state index contributed by atoms with van der Waals surface area (Å²) < 4.78 is 1.66. The molecule has 0 aromatic carbocycles. The summed E-state index contributed by atoms with van der Waals surface area (Å²) in [7, 11) is 0. The molecular weight excluding hydrogens is 202 g/mol. The molecule has 0 atom stereocenters. The van der Waals surface area contributed by atoms with Gasteiger partial charge in [-0.15, -0.1) is 0 Å². The van der Waals surface area contributed by atoms with Crippen molar-refractivity contribution in [2.75, 3.05) is 0 Å². The van der Waals surface area contributed by atoms with Gasteiger partial charge in [0.25, 0.3) is 0 Å². The Kier molecular flexibility index (Phi) is 2.81. The molecule has 0 aliphatic rings. The second-order valence-electron chi connectivity index (χ2n) is 3.87. The number of hydrogen-bond acceptors (Lipinski definition) is 3. The number of pyridine rings is 1. The summed E-state index contributed by atoms with van der Waals surface area (Å²) in [4.78, 5) is 15.9. The highest BCUT2D eigenvalue weighted by Gasteiger charge is 2.10. The molecule has 0 N–H and O–H groups in total. The lowest BCUT2D eigenvalue weighted by molar-refractivity contribution is 0.0939. The van der Waals surface area contributed by atoms with E-state index in [1.54, 1.807) is 29.2 Å². The number of aromatic nitrogens is 3. The number of Topliss-reactive ketones (excluding diaryl/α,β-unsaturated/α-hetero) is 1. The zero-order valence-corrected chi connectivity index (χ0v) is 9.29. The van der Waals surface area contributed by atoms with Gasteiger partial charge in [-0.05, 0) is 18.2 Å². The number of carbonyl (C=O) groups is 1. The SMILES string of the molecule is CC(C)C(=O)c1ccc(-n2cccn2)nc1. The van der Waals surface area contributed by atoms with E-state index in [0.717, 1.165) is 0 Å². The Hall–Kier alpha value is -1.97. The molecule has 2 aromatic rings. The van der Waals surface area contributed by atoms with Gasteiger partial charge >= 0.3 is 0 Å². The van der Waals surface area contributed by atoms with Crippen LogP contribution in [-0.4, -0.2) is 20.5 Å². The molecule has 2 heterocycles. The first-order chi connectivity index (χ1) is 7.68. The predicted molar refractivity (Wildman–Crippen MR) is 60.5 cm³/mol. The Morgan fingerprint density at radius 2 is 2.19 bits per heavy atom. The Labute approximate surface area is 93.9 Å². The molecule has 0 aliphatic heterocycles. The van der Waals surface area contributed by atoms with E-state index in [4.69, 9.17) is 0 Å². The van der Waals surface area contributed by atoms with Crippen LogP contribution in [0.2, 0.25) is 0 Å². The number of carbonyl (C=O) groups excluding carboxylic acids is 1. The van der Waals surface area contributed by atoms with Crippen molar-refractivity contribution in [3.8, 4) is 5.82 Å². The molecule has 0 fully saturated rings. The minimum absolute atomic E-state index is 0.00245. The van der Waals surface area contributed by atoms with Gasteiger partial charge in [-0.2, -0.15) is 5.10 Å². The minimum Gasteiger partial charge on any atom is -0.294 e. The van der Waals surface area contributed by atoms with Crippen molar-refractivity contribution in [2.24, 2.45) is 5.92 Å². The quantitative estimate of drug-likeness (QED) is 0.737. The highest BCUT2D eigenvalue weighted by Crippen LogP contribution is 2.09. The van der Waals surface area contributed by atoms with Crippen LogP contribution in [0.4, 0.5) is 0 Å². The Morgan fingerprint density at radius 1 is 1.38 bits per heavy atom. The molecule has 0 saturated carbocycles. The molecule has 0 spiro atoms. The van der Waals surface area contributed by atoms with E-state index < -0.39 is 0 Å². The fraction of sp³-hybridized carbons (Fsp3) is 0.250. The van der Waals surface area contributed by atoms with Crippen molar-refractivity contribution in [1.29, 1.82) is 0 Å². The standard InChI is InChI=1S/C12H13N3O/c1-9(2)12(16)10-4-5-11(13-8-10)15-7-3-6-14-15/h3-9H,1-2H3. The van der Waals surface area contributed by atoms with Gasteiger partial charge in [0.05, 0.1) is 0 Å². The molecule has 4 heteroatoms. The van der Waals surface area contributed by atoms with Crippen molar-refractivity contribution < 1.29 is 4.79 Å². The van der Waals surface area contributed by atoms with Gasteiger partial charge in [0.15, 0.2) is 11.6 Å². The van der Waals surface area contributed by atoms with Gasteiger partial charge in [-0.3, -0.25) is 4.79 Å². The molecule has 2 rings (SSSR count). The number of rotatable bonds is 3.